The summed E-state index contributed by atoms with van der Waals surface area (Å²) < 4.78 is 130. The first-order valence-electron chi connectivity index (χ1n) is 11.9. The lowest BCUT2D eigenvalue weighted by Crippen LogP contribution is -2.57. The summed E-state index contributed by atoms with van der Waals surface area (Å²) in [6, 6.07) is 6.82. The van der Waals surface area contributed by atoms with E-state index in [1.165, 1.54) is 24.3 Å². The Labute approximate surface area is 227 Å². The van der Waals surface area contributed by atoms with Crippen molar-refractivity contribution in [3.8, 4) is 5.75 Å². The van der Waals surface area contributed by atoms with Gasteiger partial charge in [0, 0.05) is 24.1 Å². The first-order chi connectivity index (χ1) is 18.2. The van der Waals surface area contributed by atoms with E-state index in [-0.39, 0.29) is 29.4 Å². The molecule has 3 atom stereocenters. The second-order valence-corrected chi connectivity index (χ2v) is 14.3. The van der Waals surface area contributed by atoms with Gasteiger partial charge in [-0.2, -0.15) is 13.2 Å². The van der Waals surface area contributed by atoms with Crippen LogP contribution < -0.4 is 10.1 Å². The summed E-state index contributed by atoms with van der Waals surface area (Å²) in [6.07, 6.45) is -6.05. The SMILES string of the molecule is O=S(=O)(CCNCC(F)(F)F)CC[C@@H]1OCC[C@@]2(S(=O)(=O)c3ccc(Cl)cc3)c3c(F)ccc(F)c3OC[C@@H]12. The summed E-state index contributed by atoms with van der Waals surface area (Å²) in [5.41, 5.74) is -0.485. The average Bonchev–Trinajstić information content (AvgIpc) is 2.86. The molecule has 0 saturated carbocycles. The highest BCUT2D eigenvalue weighted by Gasteiger charge is 2.61. The van der Waals surface area contributed by atoms with Crippen molar-refractivity contribution in [2.45, 2.75) is 34.8 Å². The Balaban J connectivity index is 1.68. The Hall–Kier alpha value is -2.00. The molecule has 2 aromatic carbocycles. The Morgan fingerprint density at radius 2 is 1.67 bits per heavy atom. The van der Waals surface area contributed by atoms with Gasteiger partial charge in [-0.15, -0.1) is 0 Å². The van der Waals surface area contributed by atoms with Gasteiger partial charge in [-0.05, 0) is 49.2 Å². The molecule has 2 aromatic rings. The molecule has 2 aliphatic heterocycles. The van der Waals surface area contributed by atoms with Crippen molar-refractivity contribution >= 4 is 31.3 Å². The lowest BCUT2D eigenvalue weighted by atomic mass is 9.75. The van der Waals surface area contributed by atoms with E-state index >= 15 is 4.39 Å². The maximum absolute atomic E-state index is 15.4. The number of sulfone groups is 2. The minimum atomic E-state index is -4.50. The summed E-state index contributed by atoms with van der Waals surface area (Å²) in [4.78, 5) is -0.197. The van der Waals surface area contributed by atoms with Gasteiger partial charge in [0.1, 0.15) is 10.6 Å². The van der Waals surface area contributed by atoms with Crippen LogP contribution in [0, 0.1) is 17.6 Å². The molecule has 0 amide bonds. The van der Waals surface area contributed by atoms with E-state index in [1.807, 2.05) is 5.32 Å². The van der Waals surface area contributed by atoms with Gasteiger partial charge in [0.25, 0.3) is 0 Å². The fourth-order valence-corrected chi connectivity index (χ4v) is 8.91. The molecule has 1 fully saturated rings. The third-order valence-electron chi connectivity index (χ3n) is 6.97. The predicted octanol–water partition coefficient (Wildman–Crippen LogP) is 4.04. The Morgan fingerprint density at radius 3 is 2.33 bits per heavy atom. The number of fused-ring (bicyclic) bond motifs is 3. The molecule has 15 heteroatoms. The molecule has 1 saturated heterocycles. The number of halogens is 6. The molecule has 4 rings (SSSR count). The maximum atomic E-state index is 15.4. The highest BCUT2D eigenvalue weighted by Crippen LogP contribution is 2.55. The topological polar surface area (TPSA) is 98.8 Å². The van der Waals surface area contributed by atoms with E-state index in [9.17, 15) is 34.4 Å². The zero-order valence-electron chi connectivity index (χ0n) is 20.3. The highest BCUT2D eigenvalue weighted by molar-refractivity contribution is 7.92. The zero-order chi connectivity index (χ0) is 28.6. The van der Waals surface area contributed by atoms with E-state index in [0.717, 1.165) is 12.1 Å². The van der Waals surface area contributed by atoms with Crippen LogP contribution >= 0.6 is 11.6 Å². The molecular weight excluding hydrogens is 593 g/mol. The van der Waals surface area contributed by atoms with Crippen LogP contribution in [-0.4, -0.2) is 66.9 Å². The van der Waals surface area contributed by atoms with Crippen LogP contribution in [0.1, 0.15) is 18.4 Å². The highest BCUT2D eigenvalue weighted by atomic mass is 35.5. The Bertz CT molecular complexity index is 1420. The van der Waals surface area contributed by atoms with Gasteiger partial charge in [-0.1, -0.05) is 11.6 Å². The molecule has 2 aliphatic rings. The standard InChI is InChI=1S/C24H25ClF5NO6S2/c25-15-1-3-16(4-2-15)39(34,35)23-8-10-36-20(7-11-38(32,33)12-9-31-14-24(28,29)30)17(23)13-37-22-19(27)6-5-18(26)21(22)23/h1-6,17,20,31H,7-14H2/t17-,20-,23-/m0/s1. The van der Waals surface area contributed by atoms with Gasteiger partial charge >= 0.3 is 6.18 Å². The molecule has 0 unspecified atom stereocenters. The number of benzene rings is 2. The first-order valence-corrected chi connectivity index (χ1v) is 15.6. The minimum Gasteiger partial charge on any atom is -0.490 e. The zero-order valence-corrected chi connectivity index (χ0v) is 22.7. The first kappa shape index (κ1) is 30.0. The summed E-state index contributed by atoms with van der Waals surface area (Å²) in [5.74, 6) is -4.74. The van der Waals surface area contributed by atoms with Crippen molar-refractivity contribution in [2.75, 3.05) is 37.8 Å². The largest absolute Gasteiger partial charge is 0.490 e. The van der Waals surface area contributed by atoms with Crippen LogP contribution in [-0.2, 0) is 29.2 Å². The van der Waals surface area contributed by atoms with Gasteiger partial charge in [0.05, 0.1) is 41.2 Å². The summed E-state index contributed by atoms with van der Waals surface area (Å²) in [6.45, 7) is -2.40. The normalized spacial score (nSPS) is 23.5. The van der Waals surface area contributed by atoms with Crippen molar-refractivity contribution in [1.82, 2.24) is 5.32 Å². The van der Waals surface area contributed by atoms with E-state index in [1.54, 1.807) is 0 Å². The third kappa shape index (κ3) is 6.04. The minimum absolute atomic E-state index is 0.197. The van der Waals surface area contributed by atoms with Crippen molar-refractivity contribution in [3.05, 3.63) is 58.6 Å². The number of hydrogen-bond donors (Lipinski definition) is 1. The Morgan fingerprint density at radius 1 is 1.00 bits per heavy atom. The maximum Gasteiger partial charge on any atom is 0.401 e. The van der Waals surface area contributed by atoms with Crippen LogP contribution in [0.2, 0.25) is 5.02 Å². The van der Waals surface area contributed by atoms with Crippen molar-refractivity contribution in [2.24, 2.45) is 5.92 Å². The summed E-state index contributed by atoms with van der Waals surface area (Å²) in [5, 5.41) is 2.27. The van der Waals surface area contributed by atoms with Gasteiger partial charge in [0.2, 0.25) is 0 Å². The van der Waals surface area contributed by atoms with Crippen LogP contribution in [0.5, 0.6) is 5.75 Å². The molecule has 7 nitrogen and oxygen atoms in total. The molecule has 1 N–H and O–H groups in total. The van der Waals surface area contributed by atoms with Crippen LogP contribution in [0.25, 0.3) is 0 Å². The van der Waals surface area contributed by atoms with E-state index in [4.69, 9.17) is 21.1 Å². The average molecular weight is 618 g/mol. The molecule has 0 aromatic heterocycles. The smallest absolute Gasteiger partial charge is 0.401 e. The predicted molar refractivity (Wildman–Crippen MR) is 132 cm³/mol. The number of ether oxygens (including phenoxy) is 2. The summed E-state index contributed by atoms with van der Waals surface area (Å²) in [7, 11) is -8.34. The van der Waals surface area contributed by atoms with Crippen molar-refractivity contribution in [1.29, 1.82) is 0 Å². The van der Waals surface area contributed by atoms with Crippen molar-refractivity contribution < 1.29 is 48.3 Å². The van der Waals surface area contributed by atoms with Crippen LogP contribution in [0.15, 0.2) is 41.3 Å². The van der Waals surface area contributed by atoms with Crippen molar-refractivity contribution in [3.63, 3.8) is 0 Å². The van der Waals surface area contributed by atoms with E-state index in [0.29, 0.717) is 0 Å². The molecular formula is C24H25ClF5NO6S2. The number of alkyl halides is 3. The third-order valence-corrected chi connectivity index (χ3v) is 11.5. The molecule has 0 aliphatic carbocycles. The number of hydrogen-bond acceptors (Lipinski definition) is 7. The fourth-order valence-electron chi connectivity index (χ4n) is 5.19. The van der Waals surface area contributed by atoms with Gasteiger partial charge < -0.3 is 14.8 Å². The lowest BCUT2D eigenvalue weighted by Gasteiger charge is -2.50. The molecule has 0 radical (unpaired) electrons. The van der Waals surface area contributed by atoms with Gasteiger partial charge in [-0.3, -0.25) is 0 Å². The van der Waals surface area contributed by atoms with Crippen LogP contribution in [0.4, 0.5) is 22.0 Å². The number of nitrogens with one attached hydrogen (secondary N) is 1. The molecule has 216 valence electrons. The van der Waals surface area contributed by atoms with E-state index < -0.39 is 96.8 Å². The molecule has 39 heavy (non-hydrogen) atoms. The molecule has 2 heterocycles. The van der Waals surface area contributed by atoms with Gasteiger partial charge in [0.15, 0.2) is 31.2 Å². The quantitative estimate of drug-likeness (QED) is 0.335. The fraction of sp³-hybridized carbons (Fsp3) is 0.500. The van der Waals surface area contributed by atoms with E-state index in [2.05, 4.69) is 0 Å². The Kier molecular flexibility index (Phi) is 8.54. The lowest BCUT2D eigenvalue weighted by molar-refractivity contribution is -0.124. The van der Waals surface area contributed by atoms with Crippen LogP contribution in [0.3, 0.4) is 0 Å². The second kappa shape index (κ2) is 11.1. The molecule has 0 bridgehead atoms. The molecule has 0 spiro atoms. The number of rotatable bonds is 9. The second-order valence-electron chi connectivity index (χ2n) is 9.39. The van der Waals surface area contributed by atoms with Gasteiger partial charge in [-0.25, -0.2) is 25.6 Å². The monoisotopic (exact) mass is 617 g/mol. The summed E-state index contributed by atoms with van der Waals surface area (Å²) >= 11 is 5.92.